The molecule has 0 fully saturated rings. The number of para-hydroxylation sites is 1. The van der Waals surface area contributed by atoms with Crippen LogP contribution in [0, 0.1) is 5.82 Å². The zero-order valence-corrected chi connectivity index (χ0v) is 18.9. The summed E-state index contributed by atoms with van der Waals surface area (Å²) in [5.41, 5.74) is 2.04. The van der Waals surface area contributed by atoms with Gasteiger partial charge in [0.25, 0.3) is 5.56 Å². The first kappa shape index (κ1) is 22.7. The second kappa shape index (κ2) is 10.9. The highest BCUT2D eigenvalue weighted by atomic mass is 32.2. The lowest BCUT2D eigenvalue weighted by Crippen LogP contribution is -2.26. The summed E-state index contributed by atoms with van der Waals surface area (Å²) in [7, 11) is 0. The monoisotopic (exact) mass is 461 g/mol. The van der Waals surface area contributed by atoms with E-state index in [9.17, 15) is 14.0 Å². The van der Waals surface area contributed by atoms with Crippen LogP contribution in [0.5, 0.6) is 0 Å². The van der Waals surface area contributed by atoms with E-state index in [-0.39, 0.29) is 17.3 Å². The second-order valence-corrected chi connectivity index (χ2v) is 8.56. The van der Waals surface area contributed by atoms with Crippen LogP contribution in [-0.4, -0.2) is 15.5 Å². The van der Waals surface area contributed by atoms with Gasteiger partial charge in [0.1, 0.15) is 5.82 Å². The number of aromatic nitrogens is 2. The average Bonchev–Trinajstić information content (AvgIpc) is 2.84. The van der Waals surface area contributed by atoms with Crippen molar-refractivity contribution in [2.24, 2.45) is 0 Å². The van der Waals surface area contributed by atoms with Gasteiger partial charge in [-0.05, 0) is 35.7 Å². The quantitative estimate of drug-likeness (QED) is 0.284. The normalized spacial score (nSPS) is 10.9. The highest BCUT2D eigenvalue weighted by Crippen LogP contribution is 2.23. The van der Waals surface area contributed by atoms with Crippen LogP contribution in [0.15, 0.2) is 88.8 Å². The summed E-state index contributed by atoms with van der Waals surface area (Å²) in [5, 5.41) is 3.96. The predicted octanol–water partition coefficient (Wildman–Crippen LogP) is 4.92. The average molecular weight is 462 g/mol. The fourth-order valence-corrected chi connectivity index (χ4v) is 4.51. The number of hydrogen-bond donors (Lipinski definition) is 1. The molecule has 33 heavy (non-hydrogen) atoms. The summed E-state index contributed by atoms with van der Waals surface area (Å²) in [6, 6.07) is 23.5. The number of carbonyl (C=O) groups is 1. The molecule has 0 aliphatic rings. The lowest BCUT2D eigenvalue weighted by molar-refractivity contribution is -0.121. The highest BCUT2D eigenvalue weighted by Gasteiger charge is 2.13. The minimum absolute atomic E-state index is 0.0683. The molecule has 4 rings (SSSR count). The fraction of sp³-hybridized carbons (Fsp3) is 0.192. The smallest absolute Gasteiger partial charge is 0.262 e. The number of benzene rings is 3. The number of halogens is 1. The van der Waals surface area contributed by atoms with Gasteiger partial charge in [-0.1, -0.05) is 72.4 Å². The summed E-state index contributed by atoms with van der Waals surface area (Å²) in [5.74, 6) is 0.00522. The Labute approximate surface area is 195 Å². The zero-order chi connectivity index (χ0) is 23.0. The number of fused-ring (bicyclic) bond motifs is 1. The summed E-state index contributed by atoms with van der Waals surface area (Å²) in [6.07, 6.45) is 0.789. The molecule has 0 unspecified atom stereocenters. The first-order valence-electron chi connectivity index (χ1n) is 10.8. The molecule has 0 spiro atoms. The van der Waals surface area contributed by atoms with Crippen LogP contribution in [-0.2, 0) is 23.6 Å². The molecular formula is C26H24FN3O2S. The summed E-state index contributed by atoms with van der Waals surface area (Å²) in [6.45, 7) is 0.829. The van der Waals surface area contributed by atoms with Crippen molar-refractivity contribution in [3.8, 4) is 0 Å². The Bertz CT molecular complexity index is 1310. The predicted molar refractivity (Wildman–Crippen MR) is 129 cm³/mol. The van der Waals surface area contributed by atoms with Crippen LogP contribution >= 0.6 is 11.8 Å². The summed E-state index contributed by atoms with van der Waals surface area (Å²) < 4.78 is 15.7. The van der Waals surface area contributed by atoms with Crippen molar-refractivity contribution in [3.63, 3.8) is 0 Å². The molecule has 0 atom stereocenters. The Balaban J connectivity index is 1.46. The zero-order valence-electron chi connectivity index (χ0n) is 18.0. The van der Waals surface area contributed by atoms with Gasteiger partial charge in [0, 0.05) is 25.3 Å². The van der Waals surface area contributed by atoms with Crippen molar-refractivity contribution in [3.05, 3.63) is 106 Å². The molecule has 0 bridgehead atoms. The summed E-state index contributed by atoms with van der Waals surface area (Å²) >= 11 is 1.32. The van der Waals surface area contributed by atoms with Gasteiger partial charge >= 0.3 is 0 Å². The Morgan fingerprint density at radius 2 is 1.70 bits per heavy atom. The largest absolute Gasteiger partial charge is 0.352 e. The van der Waals surface area contributed by atoms with Gasteiger partial charge in [-0.25, -0.2) is 9.37 Å². The van der Waals surface area contributed by atoms with E-state index in [1.54, 1.807) is 41.0 Å². The van der Waals surface area contributed by atoms with Crippen molar-refractivity contribution < 1.29 is 9.18 Å². The van der Waals surface area contributed by atoms with E-state index in [0.29, 0.717) is 53.3 Å². The second-order valence-electron chi connectivity index (χ2n) is 7.61. The van der Waals surface area contributed by atoms with E-state index < -0.39 is 0 Å². The topological polar surface area (TPSA) is 64.0 Å². The number of carbonyl (C=O) groups excluding carboxylic acids is 1. The lowest BCUT2D eigenvalue weighted by Gasteiger charge is -2.13. The maximum atomic E-state index is 14.1. The third-order valence-corrected chi connectivity index (χ3v) is 6.28. The van der Waals surface area contributed by atoms with Crippen LogP contribution in [0.1, 0.15) is 24.0 Å². The minimum atomic E-state index is -0.283. The highest BCUT2D eigenvalue weighted by molar-refractivity contribution is 7.98. The van der Waals surface area contributed by atoms with Gasteiger partial charge in [0.2, 0.25) is 5.91 Å². The molecule has 7 heteroatoms. The molecule has 0 saturated carbocycles. The Morgan fingerprint density at radius 3 is 2.52 bits per heavy atom. The van der Waals surface area contributed by atoms with Gasteiger partial charge in [-0.15, -0.1) is 0 Å². The van der Waals surface area contributed by atoms with Gasteiger partial charge in [0.05, 0.1) is 10.9 Å². The van der Waals surface area contributed by atoms with E-state index >= 15 is 0 Å². The number of rotatable bonds is 9. The Hall–Kier alpha value is -3.45. The summed E-state index contributed by atoms with van der Waals surface area (Å²) in [4.78, 5) is 30.1. The molecule has 1 heterocycles. The van der Waals surface area contributed by atoms with E-state index in [0.717, 1.165) is 5.56 Å². The molecule has 3 aromatic carbocycles. The van der Waals surface area contributed by atoms with Crippen molar-refractivity contribution >= 4 is 28.6 Å². The van der Waals surface area contributed by atoms with Crippen molar-refractivity contribution in [2.45, 2.75) is 36.8 Å². The number of amides is 1. The van der Waals surface area contributed by atoms with Crippen LogP contribution < -0.4 is 10.9 Å². The Morgan fingerprint density at radius 1 is 0.970 bits per heavy atom. The molecule has 0 aliphatic carbocycles. The molecule has 0 saturated heterocycles. The minimum Gasteiger partial charge on any atom is -0.352 e. The Kier molecular flexibility index (Phi) is 7.52. The van der Waals surface area contributed by atoms with Crippen molar-refractivity contribution in [1.82, 2.24) is 14.9 Å². The van der Waals surface area contributed by atoms with Crippen molar-refractivity contribution in [2.75, 3.05) is 0 Å². The van der Waals surface area contributed by atoms with Crippen LogP contribution in [0.4, 0.5) is 4.39 Å². The molecule has 1 N–H and O–H groups in total. The van der Waals surface area contributed by atoms with E-state index in [4.69, 9.17) is 0 Å². The molecule has 5 nitrogen and oxygen atoms in total. The molecular weight excluding hydrogens is 437 g/mol. The molecule has 0 radical (unpaired) electrons. The molecule has 4 aromatic rings. The van der Waals surface area contributed by atoms with E-state index in [2.05, 4.69) is 10.3 Å². The number of hydrogen-bond acceptors (Lipinski definition) is 4. The van der Waals surface area contributed by atoms with Gasteiger partial charge < -0.3 is 5.32 Å². The third kappa shape index (κ3) is 5.87. The SMILES string of the molecule is O=C(CCCn1c(SCc2ccccc2F)nc2ccccc2c1=O)NCc1ccccc1. The van der Waals surface area contributed by atoms with E-state index in [1.807, 2.05) is 36.4 Å². The first-order chi connectivity index (χ1) is 16.1. The van der Waals surface area contributed by atoms with Crippen LogP contribution in [0.25, 0.3) is 10.9 Å². The molecule has 168 valence electrons. The first-order valence-corrected chi connectivity index (χ1v) is 11.8. The number of thioether (sulfide) groups is 1. The molecule has 1 amide bonds. The van der Waals surface area contributed by atoms with Crippen LogP contribution in [0.2, 0.25) is 0 Å². The van der Waals surface area contributed by atoms with Crippen LogP contribution in [0.3, 0.4) is 0 Å². The molecule has 0 aliphatic heterocycles. The van der Waals surface area contributed by atoms with E-state index in [1.165, 1.54) is 17.8 Å². The van der Waals surface area contributed by atoms with Gasteiger partial charge in [0.15, 0.2) is 5.16 Å². The lowest BCUT2D eigenvalue weighted by atomic mass is 10.2. The van der Waals surface area contributed by atoms with Crippen molar-refractivity contribution in [1.29, 1.82) is 0 Å². The number of nitrogens with zero attached hydrogens (tertiary/aromatic N) is 2. The standard InChI is InChI=1S/C26H24FN3O2S/c27-22-13-6-4-11-20(22)18-33-26-29-23-14-7-5-12-21(23)25(32)30(26)16-8-15-24(31)28-17-19-9-2-1-3-10-19/h1-7,9-14H,8,15-18H2,(H,28,31). The molecule has 1 aromatic heterocycles. The number of nitrogens with one attached hydrogen (secondary N) is 1. The van der Waals surface area contributed by atoms with Gasteiger partial charge in [-0.2, -0.15) is 0 Å². The maximum Gasteiger partial charge on any atom is 0.262 e. The van der Waals surface area contributed by atoms with Gasteiger partial charge in [-0.3, -0.25) is 14.2 Å². The fourth-order valence-electron chi connectivity index (χ4n) is 3.50. The third-order valence-electron chi connectivity index (χ3n) is 5.26. The maximum absolute atomic E-state index is 14.1.